The standard InChI is InChI=1S/C16H27NO2S/c1-6-12(2)16(3,18)11-17-10-13-7-8-14(19-4)15(9-13)20-5/h7-9,12,17-18H,6,10-11H2,1-5H3. The Balaban J connectivity index is 2.58. The first-order chi connectivity index (χ1) is 9.44. The third-order valence-electron chi connectivity index (χ3n) is 3.93. The van der Waals surface area contributed by atoms with Gasteiger partial charge in [-0.1, -0.05) is 26.3 Å². The zero-order valence-corrected chi connectivity index (χ0v) is 14.0. The molecule has 0 spiro atoms. The van der Waals surface area contributed by atoms with Crippen LogP contribution in [0.4, 0.5) is 0 Å². The fourth-order valence-electron chi connectivity index (χ4n) is 2.06. The molecule has 0 saturated carbocycles. The fraction of sp³-hybridized carbons (Fsp3) is 0.625. The molecule has 4 heteroatoms. The lowest BCUT2D eigenvalue weighted by molar-refractivity contribution is 0.00534. The number of benzene rings is 1. The van der Waals surface area contributed by atoms with Crippen LogP contribution in [0.1, 0.15) is 32.8 Å². The van der Waals surface area contributed by atoms with Crippen LogP contribution in [-0.4, -0.2) is 30.6 Å². The van der Waals surface area contributed by atoms with Gasteiger partial charge in [-0.2, -0.15) is 0 Å². The highest BCUT2D eigenvalue weighted by Crippen LogP contribution is 2.28. The summed E-state index contributed by atoms with van der Waals surface area (Å²) in [6, 6.07) is 6.19. The summed E-state index contributed by atoms with van der Waals surface area (Å²) in [7, 11) is 1.69. The zero-order valence-electron chi connectivity index (χ0n) is 13.2. The molecule has 0 aliphatic carbocycles. The van der Waals surface area contributed by atoms with Crippen LogP contribution < -0.4 is 10.1 Å². The van der Waals surface area contributed by atoms with Gasteiger partial charge in [-0.25, -0.2) is 0 Å². The molecule has 2 atom stereocenters. The predicted octanol–water partition coefficient (Wildman–Crippen LogP) is 3.30. The van der Waals surface area contributed by atoms with E-state index in [0.29, 0.717) is 6.54 Å². The summed E-state index contributed by atoms with van der Waals surface area (Å²) >= 11 is 1.68. The van der Waals surface area contributed by atoms with E-state index < -0.39 is 5.60 Å². The molecule has 0 fully saturated rings. The summed E-state index contributed by atoms with van der Waals surface area (Å²) in [5.74, 6) is 1.19. The van der Waals surface area contributed by atoms with E-state index in [1.807, 2.05) is 19.2 Å². The maximum absolute atomic E-state index is 10.4. The smallest absolute Gasteiger partial charge is 0.132 e. The molecular formula is C16H27NO2S. The minimum absolute atomic E-state index is 0.285. The summed E-state index contributed by atoms with van der Waals surface area (Å²) in [5, 5.41) is 13.7. The van der Waals surface area contributed by atoms with Gasteiger partial charge in [-0.15, -0.1) is 11.8 Å². The number of methoxy groups -OCH3 is 1. The van der Waals surface area contributed by atoms with E-state index >= 15 is 0 Å². The van der Waals surface area contributed by atoms with Crippen LogP contribution in [0.15, 0.2) is 23.1 Å². The van der Waals surface area contributed by atoms with E-state index in [1.54, 1.807) is 18.9 Å². The van der Waals surface area contributed by atoms with Gasteiger partial charge in [0, 0.05) is 18.0 Å². The molecule has 0 aliphatic heterocycles. The topological polar surface area (TPSA) is 41.5 Å². The molecule has 3 nitrogen and oxygen atoms in total. The molecule has 0 bridgehead atoms. The Kier molecular flexibility index (Phi) is 6.86. The second kappa shape index (κ2) is 7.91. The maximum Gasteiger partial charge on any atom is 0.132 e. The first kappa shape index (κ1) is 17.3. The second-order valence-corrected chi connectivity index (χ2v) is 6.31. The molecule has 2 unspecified atom stereocenters. The molecule has 114 valence electrons. The third-order valence-corrected chi connectivity index (χ3v) is 4.69. The number of aliphatic hydroxyl groups is 1. The SMILES string of the molecule is CCC(C)C(C)(O)CNCc1ccc(OC)c(SC)c1. The number of rotatable bonds is 8. The summed E-state index contributed by atoms with van der Waals surface area (Å²) < 4.78 is 5.31. The molecule has 0 aromatic heterocycles. The van der Waals surface area contributed by atoms with Crippen molar-refractivity contribution in [2.45, 2.75) is 44.2 Å². The summed E-state index contributed by atoms with van der Waals surface area (Å²) in [5.41, 5.74) is 0.541. The van der Waals surface area contributed by atoms with Crippen molar-refractivity contribution < 1.29 is 9.84 Å². The van der Waals surface area contributed by atoms with Crippen LogP contribution in [-0.2, 0) is 6.54 Å². The number of thioether (sulfide) groups is 1. The summed E-state index contributed by atoms with van der Waals surface area (Å²) in [6.07, 6.45) is 3.02. The van der Waals surface area contributed by atoms with Crippen molar-refractivity contribution in [3.05, 3.63) is 23.8 Å². The van der Waals surface area contributed by atoms with Crippen molar-refractivity contribution in [2.75, 3.05) is 19.9 Å². The first-order valence-corrected chi connectivity index (χ1v) is 8.31. The minimum atomic E-state index is -0.663. The second-order valence-electron chi connectivity index (χ2n) is 5.46. The Morgan fingerprint density at radius 1 is 1.45 bits per heavy atom. The summed E-state index contributed by atoms with van der Waals surface area (Å²) in [4.78, 5) is 1.14. The number of hydrogen-bond donors (Lipinski definition) is 2. The van der Waals surface area contributed by atoms with Crippen molar-refractivity contribution in [1.82, 2.24) is 5.32 Å². The Morgan fingerprint density at radius 3 is 2.70 bits per heavy atom. The summed E-state index contributed by atoms with van der Waals surface area (Å²) in [6.45, 7) is 7.44. The molecule has 0 amide bonds. The number of nitrogens with one attached hydrogen (secondary N) is 1. The lowest BCUT2D eigenvalue weighted by Crippen LogP contribution is -2.42. The van der Waals surface area contributed by atoms with Gasteiger partial charge < -0.3 is 15.2 Å². The van der Waals surface area contributed by atoms with Crippen LogP contribution in [0.5, 0.6) is 5.75 Å². The lowest BCUT2D eigenvalue weighted by atomic mass is 9.88. The van der Waals surface area contributed by atoms with E-state index in [0.717, 1.165) is 23.6 Å². The van der Waals surface area contributed by atoms with E-state index in [-0.39, 0.29) is 5.92 Å². The number of ether oxygens (including phenoxy) is 1. The minimum Gasteiger partial charge on any atom is -0.496 e. The highest BCUT2D eigenvalue weighted by molar-refractivity contribution is 7.98. The van der Waals surface area contributed by atoms with Crippen molar-refractivity contribution in [1.29, 1.82) is 0 Å². The van der Waals surface area contributed by atoms with Gasteiger partial charge in [0.25, 0.3) is 0 Å². The van der Waals surface area contributed by atoms with Crippen LogP contribution in [0.3, 0.4) is 0 Å². The highest BCUT2D eigenvalue weighted by Gasteiger charge is 2.26. The molecule has 0 heterocycles. The highest BCUT2D eigenvalue weighted by atomic mass is 32.2. The van der Waals surface area contributed by atoms with Crippen LogP contribution in [0, 0.1) is 5.92 Å². The zero-order chi connectivity index (χ0) is 15.2. The molecule has 0 aliphatic rings. The van der Waals surface area contributed by atoms with E-state index in [4.69, 9.17) is 4.74 Å². The third kappa shape index (κ3) is 4.69. The van der Waals surface area contributed by atoms with E-state index in [1.165, 1.54) is 5.56 Å². The Labute approximate surface area is 127 Å². The van der Waals surface area contributed by atoms with Gasteiger partial charge in [0.15, 0.2) is 0 Å². The monoisotopic (exact) mass is 297 g/mol. The quantitative estimate of drug-likeness (QED) is 0.722. The molecule has 1 aromatic rings. The molecule has 1 rings (SSSR count). The maximum atomic E-state index is 10.4. The van der Waals surface area contributed by atoms with Crippen molar-refractivity contribution in [3.8, 4) is 5.75 Å². The van der Waals surface area contributed by atoms with Crippen molar-refractivity contribution in [3.63, 3.8) is 0 Å². The van der Waals surface area contributed by atoms with Crippen molar-refractivity contribution >= 4 is 11.8 Å². The van der Waals surface area contributed by atoms with Gasteiger partial charge in [0.1, 0.15) is 5.75 Å². The normalized spacial score (nSPS) is 15.7. The van der Waals surface area contributed by atoms with Gasteiger partial charge in [0.05, 0.1) is 12.7 Å². The Morgan fingerprint density at radius 2 is 2.15 bits per heavy atom. The van der Waals surface area contributed by atoms with E-state index in [2.05, 4.69) is 31.3 Å². The van der Waals surface area contributed by atoms with Crippen LogP contribution in [0.2, 0.25) is 0 Å². The molecule has 1 aromatic carbocycles. The molecule has 0 radical (unpaired) electrons. The first-order valence-electron chi connectivity index (χ1n) is 7.08. The molecular weight excluding hydrogens is 270 g/mol. The van der Waals surface area contributed by atoms with Crippen LogP contribution in [0.25, 0.3) is 0 Å². The predicted molar refractivity (Wildman–Crippen MR) is 86.6 cm³/mol. The van der Waals surface area contributed by atoms with E-state index in [9.17, 15) is 5.11 Å². The Hall–Kier alpha value is -0.710. The molecule has 20 heavy (non-hydrogen) atoms. The van der Waals surface area contributed by atoms with Crippen LogP contribution >= 0.6 is 11.8 Å². The van der Waals surface area contributed by atoms with Gasteiger partial charge >= 0.3 is 0 Å². The molecule has 2 N–H and O–H groups in total. The average Bonchev–Trinajstić information content (AvgIpc) is 2.45. The fourth-order valence-corrected chi connectivity index (χ4v) is 2.69. The number of hydrogen-bond acceptors (Lipinski definition) is 4. The Bertz CT molecular complexity index is 421. The molecule has 0 saturated heterocycles. The van der Waals surface area contributed by atoms with Crippen molar-refractivity contribution in [2.24, 2.45) is 5.92 Å². The van der Waals surface area contributed by atoms with Gasteiger partial charge in [0.2, 0.25) is 0 Å². The van der Waals surface area contributed by atoms with Gasteiger partial charge in [-0.05, 0) is 36.8 Å². The lowest BCUT2D eigenvalue weighted by Gasteiger charge is -2.30. The average molecular weight is 297 g/mol. The largest absolute Gasteiger partial charge is 0.496 e. The van der Waals surface area contributed by atoms with Gasteiger partial charge in [-0.3, -0.25) is 0 Å².